The first-order valence-corrected chi connectivity index (χ1v) is 6.98. The van der Waals surface area contributed by atoms with Crippen molar-refractivity contribution >= 4 is 17.5 Å². The van der Waals surface area contributed by atoms with Gasteiger partial charge in [0.2, 0.25) is 5.91 Å². The molecule has 5 heteroatoms. The van der Waals surface area contributed by atoms with E-state index in [2.05, 4.69) is 22.9 Å². The smallest absolute Gasteiger partial charge is 0.251 e. The number of carbonyl (C=O) groups excluding carboxylic acids is 2. The van der Waals surface area contributed by atoms with Crippen LogP contribution in [0.2, 0.25) is 0 Å². The topological polar surface area (TPSA) is 70.2 Å². The zero-order chi connectivity index (χ0) is 15.0. The molecule has 3 N–H and O–H groups in total. The van der Waals surface area contributed by atoms with Gasteiger partial charge in [-0.15, -0.1) is 0 Å². The van der Waals surface area contributed by atoms with Gasteiger partial charge in [-0.3, -0.25) is 9.59 Å². The lowest BCUT2D eigenvalue weighted by Crippen LogP contribution is -2.33. The van der Waals surface area contributed by atoms with Gasteiger partial charge in [-0.2, -0.15) is 0 Å². The summed E-state index contributed by atoms with van der Waals surface area (Å²) in [6, 6.07) is 7.17. The van der Waals surface area contributed by atoms with Crippen LogP contribution in [0.3, 0.4) is 0 Å². The Labute approximate surface area is 120 Å². The van der Waals surface area contributed by atoms with E-state index in [-0.39, 0.29) is 18.4 Å². The maximum absolute atomic E-state index is 11.7. The number of hydrogen-bond acceptors (Lipinski definition) is 3. The Morgan fingerprint density at radius 1 is 1.15 bits per heavy atom. The summed E-state index contributed by atoms with van der Waals surface area (Å²) in [5, 5.41) is 8.63. The summed E-state index contributed by atoms with van der Waals surface area (Å²) < 4.78 is 0. The Balaban J connectivity index is 2.48. The van der Waals surface area contributed by atoms with E-state index in [4.69, 9.17) is 0 Å². The third-order valence-corrected chi connectivity index (χ3v) is 2.99. The highest BCUT2D eigenvalue weighted by Gasteiger charge is 2.06. The van der Waals surface area contributed by atoms with E-state index in [1.165, 1.54) is 0 Å². The normalized spacial score (nSPS) is 11.8. The van der Waals surface area contributed by atoms with Crippen molar-refractivity contribution in [1.29, 1.82) is 0 Å². The second-order valence-corrected chi connectivity index (χ2v) is 4.68. The molecule has 0 saturated carbocycles. The second-order valence-electron chi connectivity index (χ2n) is 4.68. The van der Waals surface area contributed by atoms with E-state index in [1.807, 2.05) is 13.8 Å². The molecular formula is C15H23N3O2. The summed E-state index contributed by atoms with van der Waals surface area (Å²) in [6.45, 7) is 6.85. The number of carbonyl (C=O) groups is 2. The van der Waals surface area contributed by atoms with Crippen LogP contribution >= 0.6 is 0 Å². The number of anilines is 1. The predicted molar refractivity (Wildman–Crippen MR) is 80.8 cm³/mol. The third-order valence-electron chi connectivity index (χ3n) is 2.99. The Hall–Kier alpha value is -1.88. The molecule has 0 aliphatic heterocycles. The molecular weight excluding hydrogens is 254 g/mol. The molecule has 0 spiro atoms. The van der Waals surface area contributed by atoms with Crippen LogP contribution in [-0.2, 0) is 4.79 Å². The Bertz CT molecular complexity index is 443. The van der Waals surface area contributed by atoms with Crippen molar-refractivity contribution in [3.05, 3.63) is 29.8 Å². The molecule has 0 radical (unpaired) electrons. The fourth-order valence-corrected chi connectivity index (χ4v) is 1.58. The predicted octanol–water partition coefficient (Wildman–Crippen LogP) is 1.76. The van der Waals surface area contributed by atoms with Crippen molar-refractivity contribution in [2.45, 2.75) is 33.2 Å². The largest absolute Gasteiger partial charge is 0.352 e. The van der Waals surface area contributed by atoms with Gasteiger partial charge in [0.15, 0.2) is 0 Å². The molecule has 1 atom stereocenters. The highest BCUT2D eigenvalue weighted by atomic mass is 16.2. The number of rotatable bonds is 7. The van der Waals surface area contributed by atoms with Crippen LogP contribution < -0.4 is 16.0 Å². The van der Waals surface area contributed by atoms with E-state index in [9.17, 15) is 9.59 Å². The van der Waals surface area contributed by atoms with Crippen molar-refractivity contribution < 1.29 is 9.59 Å². The molecule has 1 aromatic carbocycles. The Kier molecular flexibility index (Phi) is 6.73. The molecule has 0 aliphatic rings. The molecule has 0 aromatic heterocycles. The lowest BCUT2D eigenvalue weighted by atomic mass is 10.2. The lowest BCUT2D eigenvalue weighted by molar-refractivity contribution is -0.115. The van der Waals surface area contributed by atoms with Crippen LogP contribution in [0.4, 0.5) is 5.69 Å². The molecule has 110 valence electrons. The molecule has 5 nitrogen and oxygen atoms in total. The summed E-state index contributed by atoms with van der Waals surface area (Å²) in [5.74, 6) is -0.195. The van der Waals surface area contributed by atoms with Gasteiger partial charge in [0, 0.05) is 23.8 Å². The lowest BCUT2D eigenvalue weighted by Gasteiger charge is -2.11. The van der Waals surface area contributed by atoms with Crippen molar-refractivity contribution in [3.63, 3.8) is 0 Å². The molecule has 0 aliphatic carbocycles. The third kappa shape index (κ3) is 5.40. The highest BCUT2D eigenvalue weighted by molar-refractivity contribution is 5.96. The molecule has 0 bridgehead atoms. The molecule has 1 unspecified atom stereocenters. The maximum atomic E-state index is 11.7. The average Bonchev–Trinajstić information content (AvgIpc) is 2.45. The minimum atomic E-state index is -0.108. The molecule has 2 amide bonds. The van der Waals surface area contributed by atoms with Crippen LogP contribution in [0.15, 0.2) is 24.3 Å². The minimum Gasteiger partial charge on any atom is -0.352 e. The van der Waals surface area contributed by atoms with Gasteiger partial charge >= 0.3 is 0 Å². The SMILES string of the molecule is CCNC(=O)c1ccc(NC(=O)CNC(C)CC)cc1. The summed E-state index contributed by atoms with van der Waals surface area (Å²) in [5.41, 5.74) is 1.27. The zero-order valence-electron chi connectivity index (χ0n) is 12.3. The molecule has 0 fully saturated rings. The van der Waals surface area contributed by atoms with Crippen LogP contribution in [0.25, 0.3) is 0 Å². The van der Waals surface area contributed by atoms with Gasteiger partial charge in [-0.1, -0.05) is 6.92 Å². The van der Waals surface area contributed by atoms with Crippen molar-refractivity contribution in [2.75, 3.05) is 18.4 Å². The Morgan fingerprint density at radius 3 is 2.35 bits per heavy atom. The minimum absolute atomic E-state index is 0.0870. The zero-order valence-corrected chi connectivity index (χ0v) is 12.3. The number of hydrogen-bond donors (Lipinski definition) is 3. The standard InChI is InChI=1S/C15H23N3O2/c1-4-11(3)17-10-14(19)18-13-8-6-12(7-9-13)15(20)16-5-2/h6-9,11,17H,4-5,10H2,1-3H3,(H,16,20)(H,18,19). The van der Waals surface area contributed by atoms with E-state index in [0.717, 1.165) is 6.42 Å². The molecule has 0 heterocycles. The van der Waals surface area contributed by atoms with Crippen molar-refractivity contribution in [1.82, 2.24) is 10.6 Å². The van der Waals surface area contributed by atoms with E-state index >= 15 is 0 Å². The molecule has 1 rings (SSSR count). The quantitative estimate of drug-likeness (QED) is 0.711. The fourth-order valence-electron chi connectivity index (χ4n) is 1.58. The van der Waals surface area contributed by atoms with Gasteiger partial charge in [0.25, 0.3) is 5.91 Å². The number of benzene rings is 1. The van der Waals surface area contributed by atoms with Gasteiger partial charge in [0.05, 0.1) is 6.54 Å². The van der Waals surface area contributed by atoms with Crippen molar-refractivity contribution in [3.8, 4) is 0 Å². The first-order chi connectivity index (χ1) is 9.56. The summed E-state index contributed by atoms with van der Waals surface area (Å²) in [7, 11) is 0. The second kappa shape index (κ2) is 8.32. The monoisotopic (exact) mass is 277 g/mol. The summed E-state index contributed by atoms with van der Waals surface area (Å²) in [4.78, 5) is 23.3. The van der Waals surface area contributed by atoms with E-state index < -0.39 is 0 Å². The van der Waals surface area contributed by atoms with Gasteiger partial charge in [-0.25, -0.2) is 0 Å². The van der Waals surface area contributed by atoms with E-state index in [0.29, 0.717) is 23.8 Å². The maximum Gasteiger partial charge on any atom is 0.251 e. The van der Waals surface area contributed by atoms with Gasteiger partial charge in [0.1, 0.15) is 0 Å². The highest BCUT2D eigenvalue weighted by Crippen LogP contribution is 2.09. The van der Waals surface area contributed by atoms with Crippen molar-refractivity contribution in [2.24, 2.45) is 0 Å². The fraction of sp³-hybridized carbons (Fsp3) is 0.467. The molecule has 0 saturated heterocycles. The molecule has 20 heavy (non-hydrogen) atoms. The molecule has 1 aromatic rings. The average molecular weight is 277 g/mol. The van der Waals surface area contributed by atoms with Crippen LogP contribution in [-0.4, -0.2) is 30.9 Å². The first kappa shape index (κ1) is 16.2. The van der Waals surface area contributed by atoms with Gasteiger partial charge in [-0.05, 0) is 44.5 Å². The first-order valence-electron chi connectivity index (χ1n) is 6.98. The van der Waals surface area contributed by atoms with Crippen LogP contribution in [0, 0.1) is 0 Å². The van der Waals surface area contributed by atoms with Crippen LogP contribution in [0.5, 0.6) is 0 Å². The van der Waals surface area contributed by atoms with Crippen LogP contribution in [0.1, 0.15) is 37.6 Å². The van der Waals surface area contributed by atoms with Gasteiger partial charge < -0.3 is 16.0 Å². The summed E-state index contributed by atoms with van der Waals surface area (Å²) in [6.07, 6.45) is 0.981. The van der Waals surface area contributed by atoms with E-state index in [1.54, 1.807) is 24.3 Å². The Morgan fingerprint density at radius 2 is 1.80 bits per heavy atom. The number of nitrogens with one attached hydrogen (secondary N) is 3. The summed E-state index contributed by atoms with van der Waals surface area (Å²) >= 11 is 0. The number of amides is 2.